The summed E-state index contributed by atoms with van der Waals surface area (Å²) < 4.78 is 41.4. The lowest BCUT2D eigenvalue weighted by atomic mass is 10.1. The van der Waals surface area contributed by atoms with Crippen LogP contribution in [-0.2, 0) is 24.6 Å². The lowest BCUT2D eigenvalue weighted by molar-refractivity contribution is -0.137. The van der Waals surface area contributed by atoms with Gasteiger partial charge < -0.3 is 4.90 Å². The van der Waals surface area contributed by atoms with Crippen LogP contribution in [0.15, 0.2) is 44.9 Å². The van der Waals surface area contributed by atoms with Gasteiger partial charge in [-0.2, -0.15) is 13.2 Å². The molecule has 1 atom stereocenters. The van der Waals surface area contributed by atoms with Gasteiger partial charge in [0.1, 0.15) is 6.54 Å². The largest absolute Gasteiger partial charge is 0.416 e. The number of fused-ring (bicyclic) bond motifs is 1. The molecule has 0 saturated carbocycles. The molecule has 2 heterocycles. The van der Waals surface area contributed by atoms with Gasteiger partial charge in [-0.25, -0.2) is 4.79 Å². The van der Waals surface area contributed by atoms with Crippen molar-refractivity contribution in [2.75, 3.05) is 11.4 Å². The number of carbonyl (C=O) groups is 1. The SMILES string of the molecule is CC1CCN(C(=O)Cn2ccc(=O)n(C)c2=O)c2cc(C(F)(F)F)ccc2S1. The van der Waals surface area contributed by atoms with Crippen molar-refractivity contribution < 1.29 is 18.0 Å². The molecule has 6 nitrogen and oxygen atoms in total. The fourth-order valence-electron chi connectivity index (χ4n) is 2.94. The summed E-state index contributed by atoms with van der Waals surface area (Å²) >= 11 is 1.41. The standard InChI is InChI=1S/C18H18F3N3O3S/c1-11-5-8-24(13-9-12(18(19,20)21)3-4-14(13)28-11)16(26)10-23-7-6-15(25)22(2)17(23)27/h3-4,6-7,9,11H,5,8,10H2,1-2H3. The number of nitrogens with zero attached hydrogens (tertiary/aromatic N) is 3. The molecule has 0 radical (unpaired) electrons. The Morgan fingerprint density at radius 1 is 1.25 bits per heavy atom. The number of benzene rings is 1. The van der Waals surface area contributed by atoms with Gasteiger partial charge in [0.2, 0.25) is 5.91 Å². The third-order valence-corrected chi connectivity index (χ3v) is 5.77. The molecule has 1 aromatic carbocycles. The number of carbonyl (C=O) groups excluding carboxylic acids is 1. The number of hydrogen-bond acceptors (Lipinski definition) is 4. The quantitative estimate of drug-likeness (QED) is 0.759. The van der Waals surface area contributed by atoms with Crippen molar-refractivity contribution in [2.24, 2.45) is 7.05 Å². The Balaban J connectivity index is 2.00. The predicted molar refractivity (Wildman–Crippen MR) is 99.7 cm³/mol. The first-order chi connectivity index (χ1) is 13.1. The molecular formula is C18H18F3N3O3S. The third kappa shape index (κ3) is 4.01. The summed E-state index contributed by atoms with van der Waals surface area (Å²) in [4.78, 5) is 38.4. The van der Waals surface area contributed by atoms with E-state index in [0.29, 0.717) is 11.3 Å². The Hall–Kier alpha value is -2.49. The van der Waals surface area contributed by atoms with Gasteiger partial charge in [-0.05, 0) is 24.6 Å². The van der Waals surface area contributed by atoms with Crippen molar-refractivity contribution in [2.45, 2.75) is 36.2 Å². The summed E-state index contributed by atoms with van der Waals surface area (Å²) in [5, 5.41) is 0.119. The van der Waals surface area contributed by atoms with Crippen molar-refractivity contribution >= 4 is 23.4 Å². The molecule has 10 heteroatoms. The molecule has 0 spiro atoms. The van der Waals surface area contributed by atoms with Crippen LogP contribution in [0.2, 0.25) is 0 Å². The highest BCUT2D eigenvalue weighted by Gasteiger charge is 2.33. The van der Waals surface area contributed by atoms with E-state index in [4.69, 9.17) is 0 Å². The van der Waals surface area contributed by atoms with E-state index in [1.165, 1.54) is 36.0 Å². The first-order valence-electron chi connectivity index (χ1n) is 8.52. The second kappa shape index (κ2) is 7.50. The molecule has 0 N–H and O–H groups in total. The van der Waals surface area contributed by atoms with Gasteiger partial charge in [0.05, 0.1) is 11.3 Å². The van der Waals surface area contributed by atoms with Gasteiger partial charge in [0, 0.05) is 36.0 Å². The molecule has 0 aliphatic carbocycles. The van der Waals surface area contributed by atoms with Crippen LogP contribution >= 0.6 is 11.8 Å². The van der Waals surface area contributed by atoms with E-state index in [1.807, 2.05) is 6.92 Å². The monoisotopic (exact) mass is 413 g/mol. The number of anilines is 1. The maximum Gasteiger partial charge on any atom is 0.416 e. The van der Waals surface area contributed by atoms with Crippen LogP contribution in [0.1, 0.15) is 18.9 Å². The minimum Gasteiger partial charge on any atom is -0.310 e. The summed E-state index contributed by atoms with van der Waals surface area (Å²) in [7, 11) is 1.29. The number of amides is 1. The third-order valence-electron chi connectivity index (χ3n) is 4.53. The Kier molecular flexibility index (Phi) is 5.42. The van der Waals surface area contributed by atoms with Gasteiger partial charge >= 0.3 is 11.9 Å². The number of rotatable bonds is 2. The van der Waals surface area contributed by atoms with E-state index >= 15 is 0 Å². The molecule has 1 amide bonds. The van der Waals surface area contributed by atoms with Crippen LogP contribution in [0.4, 0.5) is 18.9 Å². The summed E-state index contributed by atoms with van der Waals surface area (Å²) in [6, 6.07) is 4.51. The average molecular weight is 413 g/mol. The molecular weight excluding hydrogens is 395 g/mol. The number of thioether (sulfide) groups is 1. The lowest BCUT2D eigenvalue weighted by Gasteiger charge is -2.24. The zero-order chi connectivity index (χ0) is 20.6. The van der Waals surface area contributed by atoms with Crippen LogP contribution in [0.25, 0.3) is 0 Å². The molecule has 0 saturated heterocycles. The normalized spacial score (nSPS) is 17.2. The lowest BCUT2D eigenvalue weighted by Crippen LogP contribution is -2.42. The Bertz CT molecular complexity index is 1030. The summed E-state index contributed by atoms with van der Waals surface area (Å²) in [6.45, 7) is 1.81. The summed E-state index contributed by atoms with van der Waals surface area (Å²) in [6.07, 6.45) is -2.72. The molecule has 0 fully saturated rings. The highest BCUT2D eigenvalue weighted by Crippen LogP contribution is 2.41. The zero-order valence-electron chi connectivity index (χ0n) is 15.2. The number of hydrogen-bond donors (Lipinski definition) is 0. The molecule has 1 aliphatic heterocycles. The molecule has 1 aliphatic rings. The maximum absolute atomic E-state index is 13.2. The maximum atomic E-state index is 13.2. The molecule has 2 aromatic rings. The highest BCUT2D eigenvalue weighted by atomic mass is 32.2. The fraction of sp³-hybridized carbons (Fsp3) is 0.389. The topological polar surface area (TPSA) is 64.3 Å². The fourth-order valence-corrected chi connectivity index (χ4v) is 4.03. The zero-order valence-corrected chi connectivity index (χ0v) is 16.0. The number of alkyl halides is 3. The van der Waals surface area contributed by atoms with Crippen LogP contribution in [-0.4, -0.2) is 26.8 Å². The predicted octanol–water partition coefficient (Wildman–Crippen LogP) is 2.48. The van der Waals surface area contributed by atoms with Crippen molar-refractivity contribution in [3.05, 3.63) is 56.9 Å². The highest BCUT2D eigenvalue weighted by molar-refractivity contribution is 8.00. The molecule has 0 bridgehead atoms. The van der Waals surface area contributed by atoms with E-state index < -0.39 is 28.9 Å². The Morgan fingerprint density at radius 2 is 1.96 bits per heavy atom. The van der Waals surface area contributed by atoms with Crippen molar-refractivity contribution in [1.82, 2.24) is 9.13 Å². The number of aromatic nitrogens is 2. The van der Waals surface area contributed by atoms with E-state index in [1.54, 1.807) is 0 Å². The Morgan fingerprint density at radius 3 is 2.64 bits per heavy atom. The van der Waals surface area contributed by atoms with Crippen LogP contribution in [0.3, 0.4) is 0 Å². The summed E-state index contributed by atoms with van der Waals surface area (Å²) in [5.41, 5.74) is -1.82. The minimum atomic E-state index is -4.53. The molecule has 1 aromatic heterocycles. The van der Waals surface area contributed by atoms with Gasteiger partial charge in [0.25, 0.3) is 5.56 Å². The molecule has 1 unspecified atom stereocenters. The Labute approximate surface area is 162 Å². The molecule has 150 valence electrons. The van der Waals surface area contributed by atoms with Crippen LogP contribution in [0.5, 0.6) is 0 Å². The van der Waals surface area contributed by atoms with Crippen LogP contribution in [0, 0.1) is 0 Å². The van der Waals surface area contributed by atoms with E-state index in [2.05, 4.69) is 0 Å². The molecule has 3 rings (SSSR count). The van der Waals surface area contributed by atoms with E-state index in [9.17, 15) is 27.6 Å². The average Bonchev–Trinajstić information content (AvgIpc) is 2.79. The first kappa shape index (κ1) is 20.2. The smallest absolute Gasteiger partial charge is 0.310 e. The summed E-state index contributed by atoms with van der Waals surface area (Å²) in [5.74, 6) is -0.518. The van der Waals surface area contributed by atoms with Gasteiger partial charge in [0.15, 0.2) is 0 Å². The van der Waals surface area contributed by atoms with E-state index in [-0.39, 0.29) is 24.0 Å². The van der Waals surface area contributed by atoms with Gasteiger partial charge in [-0.1, -0.05) is 6.92 Å². The van der Waals surface area contributed by atoms with Crippen LogP contribution < -0.4 is 16.1 Å². The van der Waals surface area contributed by atoms with Gasteiger partial charge in [-0.3, -0.25) is 18.7 Å². The molecule has 28 heavy (non-hydrogen) atoms. The first-order valence-corrected chi connectivity index (χ1v) is 9.40. The van der Waals surface area contributed by atoms with Crippen molar-refractivity contribution in [1.29, 1.82) is 0 Å². The van der Waals surface area contributed by atoms with Crippen molar-refractivity contribution in [3.8, 4) is 0 Å². The minimum absolute atomic E-state index is 0.119. The second-order valence-corrected chi connectivity index (χ2v) is 8.05. The van der Waals surface area contributed by atoms with Gasteiger partial charge in [-0.15, -0.1) is 11.8 Å². The second-order valence-electron chi connectivity index (χ2n) is 6.57. The van der Waals surface area contributed by atoms with E-state index in [0.717, 1.165) is 27.3 Å². The number of halogens is 3. The van der Waals surface area contributed by atoms with Crippen molar-refractivity contribution in [3.63, 3.8) is 0 Å².